The molecule has 4 rings (SSSR count). The summed E-state index contributed by atoms with van der Waals surface area (Å²) in [6.45, 7) is 0.618. The molecule has 0 amide bonds. The van der Waals surface area contributed by atoms with Crippen LogP contribution < -0.4 is 5.69 Å². The second-order valence-corrected chi connectivity index (χ2v) is 6.15. The second kappa shape index (κ2) is 5.22. The van der Waals surface area contributed by atoms with Crippen LogP contribution in [0.5, 0.6) is 0 Å². The van der Waals surface area contributed by atoms with Crippen LogP contribution in [-0.2, 0) is 12.7 Å². The van der Waals surface area contributed by atoms with Crippen molar-refractivity contribution in [1.29, 1.82) is 0 Å². The van der Waals surface area contributed by atoms with Crippen LogP contribution in [0.2, 0.25) is 0 Å². The predicted molar refractivity (Wildman–Crippen MR) is 83.5 cm³/mol. The lowest BCUT2D eigenvalue weighted by molar-refractivity contribution is -0.137. The fraction of sp³-hybridized carbons (Fsp3) is 0.294. The highest BCUT2D eigenvalue weighted by molar-refractivity contribution is 5.78. The van der Waals surface area contributed by atoms with Gasteiger partial charge in [0.2, 0.25) is 0 Å². The van der Waals surface area contributed by atoms with E-state index in [9.17, 15) is 18.0 Å². The molecule has 1 aromatic carbocycles. The van der Waals surface area contributed by atoms with E-state index >= 15 is 0 Å². The predicted octanol–water partition coefficient (Wildman–Crippen LogP) is 3.82. The maximum absolute atomic E-state index is 12.9. The third-order valence-electron chi connectivity index (χ3n) is 4.29. The van der Waals surface area contributed by atoms with Gasteiger partial charge in [-0.25, -0.2) is 9.78 Å². The first-order chi connectivity index (χ1) is 11.4. The highest BCUT2D eigenvalue weighted by Gasteiger charge is 2.30. The zero-order valence-electron chi connectivity index (χ0n) is 12.6. The Labute approximate surface area is 135 Å². The van der Waals surface area contributed by atoms with E-state index in [4.69, 9.17) is 0 Å². The Balaban J connectivity index is 1.81. The molecule has 1 aliphatic carbocycles. The van der Waals surface area contributed by atoms with Gasteiger partial charge in [-0.05, 0) is 42.5 Å². The molecule has 1 saturated carbocycles. The molecule has 1 fully saturated rings. The van der Waals surface area contributed by atoms with Gasteiger partial charge < -0.3 is 0 Å². The van der Waals surface area contributed by atoms with Gasteiger partial charge in [0.05, 0.1) is 11.1 Å². The topological polar surface area (TPSA) is 50.7 Å². The minimum atomic E-state index is -4.39. The van der Waals surface area contributed by atoms with Gasteiger partial charge in [0.25, 0.3) is 0 Å². The number of pyridine rings is 1. The molecule has 3 aromatic rings. The maximum atomic E-state index is 12.9. The van der Waals surface area contributed by atoms with Gasteiger partial charge in [0.1, 0.15) is 0 Å². The Hall–Kier alpha value is -2.57. The number of rotatable bonds is 3. The van der Waals surface area contributed by atoms with Gasteiger partial charge in [0.15, 0.2) is 5.65 Å². The van der Waals surface area contributed by atoms with E-state index in [0.717, 1.165) is 25.0 Å². The summed E-state index contributed by atoms with van der Waals surface area (Å²) in [7, 11) is 0. The molecule has 4 nitrogen and oxygen atoms in total. The van der Waals surface area contributed by atoms with Crippen LogP contribution in [0.1, 0.15) is 18.4 Å². The van der Waals surface area contributed by atoms with Crippen LogP contribution in [0, 0.1) is 5.92 Å². The van der Waals surface area contributed by atoms with Crippen molar-refractivity contribution in [3.05, 3.63) is 52.6 Å². The van der Waals surface area contributed by atoms with Gasteiger partial charge in [-0.1, -0.05) is 12.1 Å². The van der Waals surface area contributed by atoms with Crippen LogP contribution in [0.25, 0.3) is 22.3 Å². The number of hydrogen-bond acceptors (Lipinski definition) is 2. The van der Waals surface area contributed by atoms with Crippen molar-refractivity contribution in [2.24, 2.45) is 5.92 Å². The summed E-state index contributed by atoms with van der Waals surface area (Å²) in [5, 5.41) is 0. The number of aromatic nitrogens is 3. The molecular formula is C17H14F3N3O. The molecule has 2 heterocycles. The molecule has 1 aliphatic rings. The molecule has 7 heteroatoms. The van der Waals surface area contributed by atoms with E-state index in [2.05, 4.69) is 9.97 Å². The van der Waals surface area contributed by atoms with Crippen LogP contribution in [-0.4, -0.2) is 14.5 Å². The number of fused-ring (bicyclic) bond motifs is 1. The number of nitrogens with zero attached hydrogens (tertiary/aromatic N) is 2. The van der Waals surface area contributed by atoms with E-state index in [1.165, 1.54) is 12.3 Å². The molecular weight excluding hydrogens is 319 g/mol. The van der Waals surface area contributed by atoms with Crippen molar-refractivity contribution in [2.45, 2.75) is 25.6 Å². The molecule has 2 aromatic heterocycles. The Morgan fingerprint density at radius 3 is 2.71 bits per heavy atom. The number of imidazole rings is 1. The minimum absolute atomic E-state index is 0.231. The molecule has 24 heavy (non-hydrogen) atoms. The van der Waals surface area contributed by atoms with Gasteiger partial charge in [0, 0.05) is 18.3 Å². The van der Waals surface area contributed by atoms with Crippen LogP contribution in [0.3, 0.4) is 0 Å². The largest absolute Gasteiger partial charge is 0.416 e. The number of halogens is 3. The van der Waals surface area contributed by atoms with Crippen molar-refractivity contribution in [3.63, 3.8) is 0 Å². The van der Waals surface area contributed by atoms with Crippen LogP contribution in [0.4, 0.5) is 13.2 Å². The number of hydrogen-bond donors (Lipinski definition) is 1. The summed E-state index contributed by atoms with van der Waals surface area (Å²) < 4.78 is 40.3. The standard InChI is InChI=1S/C17H14F3N3O/c18-17(19,20)13-3-1-2-11(6-13)12-7-14-15(21-8-12)22-16(24)23(14)9-10-4-5-10/h1-3,6-8,10H,4-5,9H2,(H,21,22,24). The summed E-state index contributed by atoms with van der Waals surface area (Å²) in [5.41, 5.74) is 1.12. The van der Waals surface area contributed by atoms with Gasteiger partial charge >= 0.3 is 11.9 Å². The zero-order chi connectivity index (χ0) is 16.9. The second-order valence-electron chi connectivity index (χ2n) is 6.15. The zero-order valence-corrected chi connectivity index (χ0v) is 12.6. The highest BCUT2D eigenvalue weighted by atomic mass is 19.4. The lowest BCUT2D eigenvalue weighted by atomic mass is 10.0. The average Bonchev–Trinajstić information content (AvgIpc) is 3.31. The Morgan fingerprint density at radius 2 is 2.00 bits per heavy atom. The van der Waals surface area contributed by atoms with E-state index in [1.54, 1.807) is 16.7 Å². The Morgan fingerprint density at radius 1 is 1.21 bits per heavy atom. The van der Waals surface area contributed by atoms with Crippen molar-refractivity contribution >= 4 is 11.2 Å². The quantitative estimate of drug-likeness (QED) is 0.792. The monoisotopic (exact) mass is 333 g/mol. The van der Waals surface area contributed by atoms with E-state index in [0.29, 0.717) is 34.8 Å². The Bertz CT molecular complexity index is 967. The first-order valence-electron chi connectivity index (χ1n) is 7.68. The third kappa shape index (κ3) is 2.70. The lowest BCUT2D eigenvalue weighted by Gasteiger charge is -2.09. The molecule has 124 valence electrons. The summed E-state index contributed by atoms with van der Waals surface area (Å²) in [6.07, 6.45) is -0.718. The first-order valence-corrected chi connectivity index (χ1v) is 7.68. The molecule has 1 N–H and O–H groups in total. The van der Waals surface area contributed by atoms with E-state index in [1.807, 2.05) is 0 Å². The number of alkyl halides is 3. The molecule has 0 saturated heterocycles. The van der Waals surface area contributed by atoms with Gasteiger partial charge in [-0.15, -0.1) is 0 Å². The summed E-state index contributed by atoms with van der Waals surface area (Å²) in [4.78, 5) is 18.9. The SMILES string of the molecule is O=c1[nH]c2ncc(-c3cccc(C(F)(F)F)c3)cc2n1CC1CC1. The van der Waals surface area contributed by atoms with Gasteiger partial charge in [-0.2, -0.15) is 13.2 Å². The Kier molecular flexibility index (Phi) is 3.26. The fourth-order valence-corrected chi connectivity index (χ4v) is 2.81. The molecule has 0 unspecified atom stereocenters. The summed E-state index contributed by atoms with van der Waals surface area (Å²) in [6, 6.07) is 6.83. The van der Waals surface area contributed by atoms with Crippen molar-refractivity contribution in [2.75, 3.05) is 0 Å². The van der Waals surface area contributed by atoms with Gasteiger partial charge in [-0.3, -0.25) is 9.55 Å². The highest BCUT2D eigenvalue weighted by Crippen LogP contribution is 2.33. The fourth-order valence-electron chi connectivity index (χ4n) is 2.81. The van der Waals surface area contributed by atoms with E-state index in [-0.39, 0.29) is 5.69 Å². The van der Waals surface area contributed by atoms with Crippen LogP contribution in [0.15, 0.2) is 41.3 Å². The van der Waals surface area contributed by atoms with E-state index < -0.39 is 11.7 Å². The molecule has 0 aliphatic heterocycles. The van der Waals surface area contributed by atoms with Crippen molar-refractivity contribution in [1.82, 2.24) is 14.5 Å². The third-order valence-corrected chi connectivity index (χ3v) is 4.29. The molecule has 0 atom stereocenters. The summed E-state index contributed by atoms with van der Waals surface area (Å²) >= 11 is 0. The molecule has 0 spiro atoms. The normalized spacial score (nSPS) is 15.1. The number of nitrogens with one attached hydrogen (secondary N) is 1. The first kappa shape index (κ1) is 15.0. The van der Waals surface area contributed by atoms with Crippen molar-refractivity contribution in [3.8, 4) is 11.1 Å². The smallest absolute Gasteiger partial charge is 0.290 e. The van der Waals surface area contributed by atoms with Crippen molar-refractivity contribution < 1.29 is 13.2 Å². The minimum Gasteiger partial charge on any atom is -0.290 e. The number of benzene rings is 1. The number of aromatic amines is 1. The number of H-pyrrole nitrogens is 1. The molecule has 0 bridgehead atoms. The lowest BCUT2D eigenvalue weighted by Crippen LogP contribution is -2.17. The molecule has 0 radical (unpaired) electrons. The van der Waals surface area contributed by atoms with Crippen LogP contribution >= 0.6 is 0 Å². The average molecular weight is 333 g/mol. The summed E-state index contributed by atoms with van der Waals surface area (Å²) in [5.74, 6) is 0.499. The maximum Gasteiger partial charge on any atom is 0.416 e.